The van der Waals surface area contributed by atoms with Gasteiger partial charge in [-0.2, -0.15) is 13.8 Å². The Bertz CT molecular complexity index is 1710. The highest BCUT2D eigenvalue weighted by Gasteiger charge is 2.41. The molecule has 0 bridgehead atoms. The molecule has 0 N–H and O–H groups in total. The van der Waals surface area contributed by atoms with E-state index >= 15 is 4.39 Å². The summed E-state index contributed by atoms with van der Waals surface area (Å²) >= 11 is 4.38. The van der Waals surface area contributed by atoms with Gasteiger partial charge in [-0.05, 0) is 91.2 Å². The van der Waals surface area contributed by atoms with E-state index in [-0.39, 0.29) is 22.6 Å². The summed E-state index contributed by atoms with van der Waals surface area (Å²) in [5.41, 5.74) is -1.14. The lowest BCUT2D eigenvalue weighted by Gasteiger charge is -2.28. The Morgan fingerprint density at radius 1 is 0.848 bits per heavy atom. The number of benzene rings is 3. The van der Waals surface area contributed by atoms with Gasteiger partial charge in [0, 0.05) is 29.6 Å². The van der Waals surface area contributed by atoms with E-state index in [0.717, 1.165) is 42.5 Å². The number of thiocarbonyl (C=S) groups is 1. The van der Waals surface area contributed by atoms with Gasteiger partial charge in [-0.15, -0.1) is 0 Å². The molecule has 1 heterocycles. The number of aliphatic imine (C=N–C) groups is 1. The lowest BCUT2D eigenvalue weighted by molar-refractivity contribution is -0.189. The van der Waals surface area contributed by atoms with E-state index in [1.165, 1.54) is 50.7 Å². The maximum absolute atomic E-state index is 15.2. The number of rotatable bonds is 11. The lowest BCUT2D eigenvalue weighted by atomic mass is 9.77. The summed E-state index contributed by atoms with van der Waals surface area (Å²) in [4.78, 5) is 12.3. The van der Waals surface area contributed by atoms with Gasteiger partial charge in [-0.25, -0.2) is 27.5 Å². The molecule has 11 heteroatoms. The largest absolute Gasteiger partial charge is 0.432 e. The number of ether oxygens (including phenoxy) is 1. The van der Waals surface area contributed by atoms with E-state index in [1.807, 2.05) is 5.16 Å². The zero-order valence-electron chi connectivity index (χ0n) is 25.0. The molecule has 1 aromatic heterocycles. The molecule has 1 saturated carbocycles. The van der Waals surface area contributed by atoms with Crippen LogP contribution in [-0.4, -0.2) is 15.1 Å². The third-order valence-electron chi connectivity index (χ3n) is 8.41. The van der Waals surface area contributed by atoms with E-state index in [1.54, 1.807) is 12.4 Å². The van der Waals surface area contributed by atoms with Crippen LogP contribution >= 0.6 is 12.2 Å². The average molecular weight is 656 g/mol. The van der Waals surface area contributed by atoms with Gasteiger partial charge < -0.3 is 4.74 Å². The van der Waals surface area contributed by atoms with E-state index in [9.17, 15) is 22.0 Å². The number of hydrogen-bond donors (Lipinski definition) is 0. The van der Waals surface area contributed by atoms with Gasteiger partial charge in [-0.3, -0.25) is 0 Å². The molecule has 5 rings (SSSR count). The Labute approximate surface area is 268 Å². The molecule has 46 heavy (non-hydrogen) atoms. The van der Waals surface area contributed by atoms with Crippen molar-refractivity contribution in [2.24, 2.45) is 10.9 Å². The quantitative estimate of drug-likeness (QED) is 0.0698. The van der Waals surface area contributed by atoms with Gasteiger partial charge in [0.2, 0.25) is 0 Å². The van der Waals surface area contributed by atoms with Crippen molar-refractivity contribution < 1.29 is 31.1 Å². The van der Waals surface area contributed by atoms with Crippen molar-refractivity contribution in [3.8, 4) is 28.3 Å². The third-order valence-corrected chi connectivity index (χ3v) is 8.50. The van der Waals surface area contributed by atoms with Crippen molar-refractivity contribution >= 4 is 23.1 Å². The number of alkyl halides is 2. The van der Waals surface area contributed by atoms with E-state index in [0.29, 0.717) is 29.7 Å². The summed E-state index contributed by atoms with van der Waals surface area (Å²) in [5, 5.41) is 1.93. The maximum Gasteiger partial charge on any atom is 0.432 e. The van der Waals surface area contributed by atoms with Gasteiger partial charge in [0.05, 0.1) is 5.16 Å². The Morgan fingerprint density at radius 2 is 1.52 bits per heavy atom. The van der Waals surface area contributed by atoms with Crippen LogP contribution in [0.5, 0.6) is 5.75 Å². The Hall–Kier alpha value is -4.08. The second kappa shape index (κ2) is 14.6. The normalized spacial score (nSPS) is 16.6. The first kappa shape index (κ1) is 33.3. The Morgan fingerprint density at radius 3 is 2.13 bits per heavy atom. The molecule has 0 atom stereocenters. The minimum Gasteiger partial charge on any atom is -0.429 e. The van der Waals surface area contributed by atoms with Crippen LogP contribution in [0, 0.1) is 29.2 Å². The first-order valence-corrected chi connectivity index (χ1v) is 15.6. The first-order valence-electron chi connectivity index (χ1n) is 15.2. The minimum atomic E-state index is -4.53. The highest BCUT2D eigenvalue weighted by molar-refractivity contribution is 7.78. The molecular formula is C35H31F6N3OS. The summed E-state index contributed by atoms with van der Waals surface area (Å²) in [5.74, 6) is -4.54. The van der Waals surface area contributed by atoms with Crippen LogP contribution in [-0.2, 0) is 6.11 Å². The summed E-state index contributed by atoms with van der Waals surface area (Å²) in [6.07, 6.45) is 8.61. The van der Waals surface area contributed by atoms with Crippen molar-refractivity contribution in [2.45, 2.75) is 70.3 Å². The summed E-state index contributed by atoms with van der Waals surface area (Å²) in [7, 11) is 0. The lowest BCUT2D eigenvalue weighted by Crippen LogP contribution is -2.25. The summed E-state index contributed by atoms with van der Waals surface area (Å²) in [6, 6.07) is 7.53. The molecule has 1 fully saturated rings. The van der Waals surface area contributed by atoms with E-state index in [4.69, 9.17) is 0 Å². The average Bonchev–Trinajstić information content (AvgIpc) is 3.02. The predicted octanol–water partition coefficient (Wildman–Crippen LogP) is 11.1. The molecule has 1 aliphatic carbocycles. The molecule has 0 spiro atoms. The molecule has 0 aliphatic heterocycles. The second-order valence-corrected chi connectivity index (χ2v) is 11.7. The Kier molecular flexibility index (Phi) is 10.5. The molecule has 0 unspecified atom stereocenters. The standard InChI is InChI=1S/C35H31F6N3OS/c1-2-3-4-5-21-6-8-22(9-7-21)25-18-42-34(43-19-25)23-10-12-27(28(36)14-23)24-15-30(38)33(31(39)16-24)35(40,41)45-26-11-13-32(44-20-46)29(37)17-26/h10-19,21-22H,2-9H2,1H3. The number of unbranched alkanes of at least 4 members (excludes halogenated alkanes) is 2. The minimum absolute atomic E-state index is 0.221. The van der Waals surface area contributed by atoms with Crippen molar-refractivity contribution in [3.05, 3.63) is 95.3 Å². The zero-order valence-corrected chi connectivity index (χ0v) is 25.8. The number of nitrogens with zero attached hydrogens (tertiary/aromatic N) is 3. The third kappa shape index (κ3) is 7.65. The number of halogens is 6. The molecule has 1 aliphatic rings. The smallest absolute Gasteiger partial charge is 0.429 e. The SMILES string of the molecule is CCCCCC1CCC(c2cnc(-c3ccc(-c4cc(F)c(C(F)(F)Oc5ccc(N=C=S)c(F)c5)c(F)c4)c(F)c3)nc2)CC1. The van der Waals surface area contributed by atoms with Crippen LogP contribution in [0.2, 0.25) is 0 Å². The van der Waals surface area contributed by atoms with Crippen LogP contribution in [0.4, 0.5) is 32.0 Å². The van der Waals surface area contributed by atoms with Gasteiger partial charge in [0.1, 0.15) is 34.5 Å². The molecule has 3 aromatic carbocycles. The number of isothiocyanates is 1. The van der Waals surface area contributed by atoms with Crippen molar-refractivity contribution in [3.63, 3.8) is 0 Å². The summed E-state index contributed by atoms with van der Waals surface area (Å²) in [6.45, 7) is 2.21. The van der Waals surface area contributed by atoms with E-state index < -0.39 is 40.7 Å². The van der Waals surface area contributed by atoms with Gasteiger partial charge in [-0.1, -0.05) is 44.7 Å². The molecule has 0 radical (unpaired) electrons. The van der Waals surface area contributed by atoms with Crippen molar-refractivity contribution in [2.75, 3.05) is 0 Å². The molecule has 0 saturated heterocycles. The first-order chi connectivity index (χ1) is 22.1. The molecule has 0 amide bonds. The van der Waals surface area contributed by atoms with Crippen LogP contribution in [0.15, 0.2) is 65.9 Å². The monoisotopic (exact) mass is 655 g/mol. The maximum atomic E-state index is 15.2. The highest BCUT2D eigenvalue weighted by Crippen LogP contribution is 2.40. The number of hydrogen-bond acceptors (Lipinski definition) is 5. The number of aromatic nitrogens is 2. The van der Waals surface area contributed by atoms with Crippen LogP contribution < -0.4 is 4.74 Å². The van der Waals surface area contributed by atoms with Crippen molar-refractivity contribution in [1.82, 2.24) is 9.97 Å². The predicted molar refractivity (Wildman–Crippen MR) is 167 cm³/mol. The van der Waals surface area contributed by atoms with Gasteiger partial charge in [0.25, 0.3) is 0 Å². The fourth-order valence-corrected chi connectivity index (χ4v) is 6.05. The Balaban J connectivity index is 1.29. The van der Waals surface area contributed by atoms with E-state index in [2.05, 4.69) is 38.8 Å². The zero-order chi connectivity index (χ0) is 32.8. The molecule has 4 aromatic rings. The molecular weight excluding hydrogens is 624 g/mol. The topological polar surface area (TPSA) is 47.4 Å². The van der Waals surface area contributed by atoms with Crippen LogP contribution in [0.1, 0.15) is 75.3 Å². The molecule has 4 nitrogen and oxygen atoms in total. The second-order valence-electron chi connectivity index (χ2n) is 11.5. The van der Waals surface area contributed by atoms with Crippen LogP contribution in [0.25, 0.3) is 22.5 Å². The van der Waals surface area contributed by atoms with Crippen LogP contribution in [0.3, 0.4) is 0 Å². The fraction of sp³-hybridized carbons (Fsp3) is 0.343. The van der Waals surface area contributed by atoms with Gasteiger partial charge in [0.15, 0.2) is 11.6 Å². The van der Waals surface area contributed by atoms with Gasteiger partial charge >= 0.3 is 6.11 Å². The fourth-order valence-electron chi connectivity index (χ4n) is 5.95. The summed E-state index contributed by atoms with van der Waals surface area (Å²) < 4.78 is 93.3. The highest BCUT2D eigenvalue weighted by atomic mass is 32.1. The van der Waals surface area contributed by atoms with Crippen molar-refractivity contribution in [1.29, 1.82) is 0 Å². The molecule has 240 valence electrons.